The highest BCUT2D eigenvalue weighted by molar-refractivity contribution is 5.43. The summed E-state index contributed by atoms with van der Waals surface area (Å²) in [6.07, 6.45) is 1.77. The van der Waals surface area contributed by atoms with Gasteiger partial charge in [-0.05, 0) is 42.7 Å². The first-order valence-electron chi connectivity index (χ1n) is 5.97. The van der Waals surface area contributed by atoms with Crippen LogP contribution in [0.3, 0.4) is 0 Å². The van der Waals surface area contributed by atoms with Gasteiger partial charge in [0.2, 0.25) is 0 Å². The zero-order valence-electron chi connectivity index (χ0n) is 10.1. The average molecular weight is 245 g/mol. The predicted molar refractivity (Wildman–Crippen MR) is 71.1 cm³/mol. The van der Waals surface area contributed by atoms with Gasteiger partial charge in [-0.25, -0.2) is 4.39 Å². The summed E-state index contributed by atoms with van der Waals surface area (Å²) in [4.78, 5) is 0. The lowest BCUT2D eigenvalue weighted by atomic mass is 10.1. The van der Waals surface area contributed by atoms with Crippen molar-refractivity contribution in [2.45, 2.75) is 12.8 Å². The number of rotatable bonds is 5. The van der Waals surface area contributed by atoms with E-state index in [-0.39, 0.29) is 5.82 Å². The Kier molecular flexibility index (Phi) is 4.18. The Morgan fingerprint density at radius 2 is 1.83 bits per heavy atom. The van der Waals surface area contributed by atoms with E-state index < -0.39 is 0 Å². The molecule has 0 unspecified atom stereocenters. The molecule has 0 saturated heterocycles. The van der Waals surface area contributed by atoms with Crippen LogP contribution in [0.5, 0.6) is 5.75 Å². The van der Waals surface area contributed by atoms with E-state index in [1.165, 1.54) is 12.1 Å². The number of nitrogens with two attached hydrogens (primary N) is 1. The molecule has 94 valence electrons. The molecular weight excluding hydrogens is 229 g/mol. The number of nitrogen functional groups attached to an aromatic ring is 1. The van der Waals surface area contributed by atoms with Crippen LogP contribution >= 0.6 is 0 Å². The molecule has 0 atom stereocenters. The van der Waals surface area contributed by atoms with Crippen LogP contribution in [0.4, 0.5) is 10.1 Å². The molecule has 0 bridgehead atoms. The average Bonchev–Trinajstić information content (AvgIpc) is 2.37. The summed E-state index contributed by atoms with van der Waals surface area (Å²) in [6.45, 7) is 0.626. The van der Waals surface area contributed by atoms with Gasteiger partial charge in [0.05, 0.1) is 6.61 Å². The molecule has 0 aliphatic carbocycles. The summed E-state index contributed by atoms with van der Waals surface area (Å²) in [5.41, 5.74) is 7.47. The summed E-state index contributed by atoms with van der Waals surface area (Å²) in [6, 6.07) is 13.9. The lowest BCUT2D eigenvalue weighted by Crippen LogP contribution is -1.99. The van der Waals surface area contributed by atoms with Crippen molar-refractivity contribution < 1.29 is 9.13 Å². The van der Waals surface area contributed by atoms with Crippen LogP contribution < -0.4 is 10.5 Å². The molecule has 0 aliphatic rings. The molecule has 0 saturated carbocycles. The first-order valence-corrected chi connectivity index (χ1v) is 5.97. The van der Waals surface area contributed by atoms with Crippen molar-refractivity contribution in [2.75, 3.05) is 12.3 Å². The van der Waals surface area contributed by atoms with Crippen LogP contribution in [-0.4, -0.2) is 6.61 Å². The molecule has 2 rings (SSSR count). The van der Waals surface area contributed by atoms with Crippen molar-refractivity contribution >= 4 is 5.69 Å². The van der Waals surface area contributed by atoms with Gasteiger partial charge in [-0.15, -0.1) is 0 Å². The van der Waals surface area contributed by atoms with Gasteiger partial charge in [-0.2, -0.15) is 0 Å². The van der Waals surface area contributed by atoms with Crippen molar-refractivity contribution in [2.24, 2.45) is 0 Å². The van der Waals surface area contributed by atoms with E-state index in [9.17, 15) is 4.39 Å². The van der Waals surface area contributed by atoms with Crippen molar-refractivity contribution in [3.8, 4) is 5.75 Å². The van der Waals surface area contributed by atoms with E-state index in [1.54, 1.807) is 18.2 Å². The summed E-state index contributed by atoms with van der Waals surface area (Å²) in [7, 11) is 0. The van der Waals surface area contributed by atoms with Gasteiger partial charge in [0.15, 0.2) is 0 Å². The van der Waals surface area contributed by atoms with Gasteiger partial charge in [-0.1, -0.05) is 18.2 Å². The summed E-state index contributed by atoms with van der Waals surface area (Å²) in [5.74, 6) is 0.587. The van der Waals surface area contributed by atoms with Gasteiger partial charge < -0.3 is 10.5 Å². The fraction of sp³-hybridized carbons (Fsp3) is 0.200. The number of ether oxygens (including phenoxy) is 1. The van der Waals surface area contributed by atoms with Crippen molar-refractivity contribution in [1.29, 1.82) is 0 Å². The molecular formula is C15H16FNO. The molecule has 0 heterocycles. The Labute approximate surface area is 106 Å². The third-order valence-corrected chi connectivity index (χ3v) is 2.65. The normalized spacial score (nSPS) is 10.3. The van der Waals surface area contributed by atoms with E-state index in [0.717, 1.165) is 24.2 Å². The van der Waals surface area contributed by atoms with Gasteiger partial charge >= 0.3 is 0 Å². The molecule has 18 heavy (non-hydrogen) atoms. The maximum Gasteiger partial charge on any atom is 0.123 e. The molecule has 2 nitrogen and oxygen atoms in total. The van der Waals surface area contributed by atoms with Crippen molar-refractivity contribution in [3.63, 3.8) is 0 Å². The minimum atomic E-state index is -0.199. The number of anilines is 1. The highest BCUT2D eigenvalue weighted by Gasteiger charge is 1.97. The molecule has 0 aliphatic heterocycles. The molecule has 0 aromatic heterocycles. The zero-order valence-corrected chi connectivity index (χ0v) is 10.1. The van der Waals surface area contributed by atoms with E-state index in [0.29, 0.717) is 12.3 Å². The van der Waals surface area contributed by atoms with Crippen LogP contribution in [0.1, 0.15) is 12.0 Å². The minimum Gasteiger partial charge on any atom is -0.494 e. The maximum absolute atomic E-state index is 12.7. The lowest BCUT2D eigenvalue weighted by Gasteiger charge is -2.06. The number of benzene rings is 2. The molecule has 0 radical (unpaired) electrons. The fourth-order valence-electron chi connectivity index (χ4n) is 1.72. The number of hydrogen-bond donors (Lipinski definition) is 1. The lowest BCUT2D eigenvalue weighted by molar-refractivity contribution is 0.311. The van der Waals surface area contributed by atoms with E-state index >= 15 is 0 Å². The minimum absolute atomic E-state index is 0.199. The summed E-state index contributed by atoms with van der Waals surface area (Å²) < 4.78 is 18.3. The van der Waals surface area contributed by atoms with Gasteiger partial charge in [0.25, 0.3) is 0 Å². The summed E-state index contributed by atoms with van der Waals surface area (Å²) in [5, 5.41) is 0. The third-order valence-electron chi connectivity index (χ3n) is 2.65. The van der Waals surface area contributed by atoms with Crippen LogP contribution in [0.15, 0.2) is 48.5 Å². The molecule has 0 spiro atoms. The van der Waals surface area contributed by atoms with Crippen LogP contribution in [0.25, 0.3) is 0 Å². The molecule has 2 aromatic rings. The number of aryl methyl sites for hydroxylation is 1. The third kappa shape index (κ3) is 3.77. The van der Waals surface area contributed by atoms with Crippen molar-refractivity contribution in [3.05, 3.63) is 59.9 Å². The molecule has 2 aromatic carbocycles. The second kappa shape index (κ2) is 6.05. The largest absolute Gasteiger partial charge is 0.494 e. The Balaban J connectivity index is 1.74. The Bertz CT molecular complexity index is 496. The Hall–Kier alpha value is -2.03. The smallest absolute Gasteiger partial charge is 0.123 e. The SMILES string of the molecule is Nc1cccc(OCCCc2ccc(F)cc2)c1. The maximum atomic E-state index is 12.7. The van der Waals surface area contributed by atoms with E-state index in [1.807, 2.05) is 18.2 Å². The first-order chi connectivity index (χ1) is 8.74. The highest BCUT2D eigenvalue weighted by Crippen LogP contribution is 2.15. The second-order valence-electron chi connectivity index (χ2n) is 4.15. The van der Waals surface area contributed by atoms with Crippen LogP contribution in [-0.2, 0) is 6.42 Å². The molecule has 2 N–H and O–H groups in total. The Morgan fingerprint density at radius 3 is 2.56 bits per heavy atom. The second-order valence-corrected chi connectivity index (χ2v) is 4.15. The number of halogens is 1. The van der Waals surface area contributed by atoms with E-state index in [4.69, 9.17) is 10.5 Å². The fourth-order valence-corrected chi connectivity index (χ4v) is 1.72. The van der Waals surface area contributed by atoms with E-state index in [2.05, 4.69) is 0 Å². The topological polar surface area (TPSA) is 35.2 Å². The molecule has 0 amide bonds. The molecule has 3 heteroatoms. The molecule has 0 fully saturated rings. The quantitative estimate of drug-likeness (QED) is 0.647. The number of hydrogen-bond acceptors (Lipinski definition) is 2. The van der Waals surface area contributed by atoms with Gasteiger partial charge in [0, 0.05) is 11.8 Å². The zero-order chi connectivity index (χ0) is 12.8. The highest BCUT2D eigenvalue weighted by atomic mass is 19.1. The van der Waals surface area contributed by atoms with Gasteiger partial charge in [-0.3, -0.25) is 0 Å². The summed E-state index contributed by atoms with van der Waals surface area (Å²) >= 11 is 0. The van der Waals surface area contributed by atoms with Crippen LogP contribution in [0, 0.1) is 5.82 Å². The predicted octanol–water partition coefficient (Wildman–Crippen LogP) is 3.42. The van der Waals surface area contributed by atoms with Crippen LogP contribution in [0.2, 0.25) is 0 Å². The van der Waals surface area contributed by atoms with Gasteiger partial charge in [0.1, 0.15) is 11.6 Å². The van der Waals surface area contributed by atoms with Crippen molar-refractivity contribution in [1.82, 2.24) is 0 Å². The first kappa shape index (κ1) is 12.4. The Morgan fingerprint density at radius 1 is 1.06 bits per heavy atom. The monoisotopic (exact) mass is 245 g/mol. The standard InChI is InChI=1S/C15H16FNO/c16-13-8-6-12(7-9-13)3-2-10-18-15-5-1-4-14(17)11-15/h1,4-9,11H,2-3,10,17H2.